The lowest BCUT2D eigenvalue weighted by molar-refractivity contribution is -0.131. The Hall–Kier alpha value is -2.96. The Labute approximate surface area is 178 Å². The van der Waals surface area contributed by atoms with Gasteiger partial charge in [-0.25, -0.2) is 0 Å². The van der Waals surface area contributed by atoms with Gasteiger partial charge in [-0.3, -0.25) is 9.59 Å². The summed E-state index contributed by atoms with van der Waals surface area (Å²) in [4.78, 5) is 31.2. The Morgan fingerprint density at radius 3 is 2.50 bits per heavy atom. The van der Waals surface area contributed by atoms with E-state index in [1.54, 1.807) is 11.0 Å². The predicted octanol–water partition coefficient (Wildman–Crippen LogP) is 3.27. The first kappa shape index (κ1) is 21.7. The van der Waals surface area contributed by atoms with Gasteiger partial charge in [-0.1, -0.05) is 19.1 Å². The average molecular weight is 414 g/mol. The van der Waals surface area contributed by atoms with Crippen molar-refractivity contribution in [1.29, 1.82) is 0 Å². The van der Waals surface area contributed by atoms with Crippen LogP contribution in [0, 0.1) is 0 Å². The minimum absolute atomic E-state index is 0.0873. The number of furan rings is 1. The van der Waals surface area contributed by atoms with Gasteiger partial charge in [0.2, 0.25) is 5.91 Å². The van der Waals surface area contributed by atoms with Crippen molar-refractivity contribution in [1.82, 2.24) is 9.80 Å². The molecule has 0 spiro atoms. The minimum Gasteiger partial charge on any atom is -0.492 e. The monoisotopic (exact) mass is 413 g/mol. The molecular weight excluding hydrogens is 382 g/mol. The van der Waals surface area contributed by atoms with E-state index in [4.69, 9.17) is 9.15 Å². The van der Waals surface area contributed by atoms with Crippen LogP contribution < -0.4 is 9.64 Å². The summed E-state index contributed by atoms with van der Waals surface area (Å²) in [5, 5.41) is 0. The lowest BCUT2D eigenvalue weighted by atomic mass is 10.2. The van der Waals surface area contributed by atoms with Crippen LogP contribution in [0.3, 0.4) is 0 Å². The number of amides is 2. The number of benzene rings is 1. The molecule has 1 aliphatic heterocycles. The van der Waals surface area contributed by atoms with Crippen LogP contribution in [-0.2, 0) is 4.79 Å². The first-order valence-corrected chi connectivity index (χ1v) is 10.7. The van der Waals surface area contributed by atoms with E-state index >= 15 is 0 Å². The fourth-order valence-electron chi connectivity index (χ4n) is 3.73. The number of ether oxygens (including phenoxy) is 1. The van der Waals surface area contributed by atoms with Gasteiger partial charge in [-0.05, 0) is 31.5 Å². The highest BCUT2D eigenvalue weighted by molar-refractivity contribution is 5.94. The number of para-hydroxylation sites is 2. The van der Waals surface area contributed by atoms with Crippen LogP contribution in [0.25, 0.3) is 0 Å². The third-order valence-corrected chi connectivity index (χ3v) is 5.28. The highest BCUT2D eigenvalue weighted by Gasteiger charge is 2.24. The minimum atomic E-state index is -0.0873. The largest absolute Gasteiger partial charge is 0.492 e. The number of anilines is 1. The van der Waals surface area contributed by atoms with Crippen molar-refractivity contribution in [3.05, 3.63) is 48.4 Å². The van der Waals surface area contributed by atoms with Crippen LogP contribution >= 0.6 is 0 Å². The second kappa shape index (κ2) is 10.7. The van der Waals surface area contributed by atoms with Gasteiger partial charge in [0.05, 0.1) is 24.1 Å². The zero-order chi connectivity index (χ0) is 21.3. The molecule has 7 nitrogen and oxygen atoms in total. The maximum Gasteiger partial charge on any atom is 0.257 e. The van der Waals surface area contributed by atoms with Gasteiger partial charge in [0.15, 0.2) is 0 Å². The van der Waals surface area contributed by atoms with E-state index in [2.05, 4.69) is 11.0 Å². The third-order valence-electron chi connectivity index (χ3n) is 5.28. The molecule has 3 rings (SSSR count). The molecule has 2 amide bonds. The van der Waals surface area contributed by atoms with Gasteiger partial charge < -0.3 is 23.9 Å². The van der Waals surface area contributed by atoms with Crippen LogP contribution in [0.2, 0.25) is 0 Å². The Morgan fingerprint density at radius 2 is 1.83 bits per heavy atom. The quantitative estimate of drug-likeness (QED) is 0.631. The van der Waals surface area contributed by atoms with Crippen LogP contribution in [0.4, 0.5) is 5.69 Å². The molecule has 0 aliphatic carbocycles. The lowest BCUT2D eigenvalue weighted by Crippen LogP contribution is -2.49. The normalized spacial score (nSPS) is 13.9. The molecule has 2 aromatic rings. The molecule has 1 aromatic heterocycles. The first-order valence-electron chi connectivity index (χ1n) is 10.7. The van der Waals surface area contributed by atoms with Crippen molar-refractivity contribution in [3.63, 3.8) is 0 Å². The van der Waals surface area contributed by atoms with Crippen molar-refractivity contribution in [2.24, 2.45) is 0 Å². The summed E-state index contributed by atoms with van der Waals surface area (Å²) >= 11 is 0. The highest BCUT2D eigenvalue weighted by atomic mass is 16.5. The van der Waals surface area contributed by atoms with E-state index in [1.165, 1.54) is 12.5 Å². The van der Waals surface area contributed by atoms with Gasteiger partial charge in [0.25, 0.3) is 5.91 Å². The Balaban J connectivity index is 1.52. The number of carbonyl (C=O) groups is 2. The van der Waals surface area contributed by atoms with Gasteiger partial charge >= 0.3 is 0 Å². The zero-order valence-corrected chi connectivity index (χ0v) is 17.9. The molecule has 7 heteroatoms. The van der Waals surface area contributed by atoms with E-state index in [1.807, 2.05) is 36.9 Å². The molecular formula is C23H31N3O4. The van der Waals surface area contributed by atoms with Crippen LogP contribution in [0.15, 0.2) is 47.3 Å². The SMILES string of the molecule is CCCN(CCC(=O)N1CCN(c2ccccc2OCC)CC1)C(=O)c1ccoc1. The van der Waals surface area contributed by atoms with E-state index in [0.717, 1.165) is 30.9 Å². The molecule has 0 N–H and O–H groups in total. The summed E-state index contributed by atoms with van der Waals surface area (Å²) in [6, 6.07) is 9.68. The second-order valence-corrected chi connectivity index (χ2v) is 7.32. The third kappa shape index (κ3) is 5.34. The summed E-state index contributed by atoms with van der Waals surface area (Å²) in [5.41, 5.74) is 1.60. The van der Waals surface area contributed by atoms with E-state index in [-0.39, 0.29) is 11.8 Å². The van der Waals surface area contributed by atoms with Crippen molar-refractivity contribution in [3.8, 4) is 5.75 Å². The molecule has 1 aromatic carbocycles. The standard InChI is InChI=1S/C23H31N3O4/c1-3-11-26(23(28)19-10-17-29-18-19)12-9-22(27)25-15-13-24(14-16-25)20-7-5-6-8-21(20)30-4-2/h5-8,10,17-18H,3-4,9,11-16H2,1-2H3. The molecule has 162 valence electrons. The molecule has 0 unspecified atom stereocenters. The predicted molar refractivity (Wildman–Crippen MR) is 116 cm³/mol. The van der Waals surface area contributed by atoms with Gasteiger partial charge in [-0.15, -0.1) is 0 Å². The van der Waals surface area contributed by atoms with E-state index in [0.29, 0.717) is 44.8 Å². The molecule has 30 heavy (non-hydrogen) atoms. The smallest absolute Gasteiger partial charge is 0.257 e. The molecule has 1 aliphatic rings. The van der Waals surface area contributed by atoms with Crippen molar-refractivity contribution >= 4 is 17.5 Å². The van der Waals surface area contributed by atoms with Crippen molar-refractivity contribution in [2.45, 2.75) is 26.7 Å². The van der Waals surface area contributed by atoms with E-state index in [9.17, 15) is 9.59 Å². The summed E-state index contributed by atoms with van der Waals surface area (Å²) in [5.74, 6) is 0.886. The lowest BCUT2D eigenvalue weighted by Gasteiger charge is -2.37. The van der Waals surface area contributed by atoms with Crippen molar-refractivity contribution in [2.75, 3.05) is 50.8 Å². The molecule has 1 saturated heterocycles. The zero-order valence-electron chi connectivity index (χ0n) is 17.9. The first-order chi connectivity index (χ1) is 14.6. The molecule has 2 heterocycles. The van der Waals surface area contributed by atoms with Gasteiger partial charge in [0, 0.05) is 45.7 Å². The van der Waals surface area contributed by atoms with Crippen LogP contribution in [-0.4, -0.2) is 67.5 Å². The summed E-state index contributed by atoms with van der Waals surface area (Å²) in [6.07, 6.45) is 4.12. The maximum atomic E-state index is 12.8. The molecule has 0 bridgehead atoms. The Bertz CT molecular complexity index is 814. The topological polar surface area (TPSA) is 66.2 Å². The molecule has 0 radical (unpaired) electrons. The van der Waals surface area contributed by atoms with Crippen molar-refractivity contribution < 1.29 is 18.7 Å². The Kier molecular flexibility index (Phi) is 7.76. The fraction of sp³-hybridized carbons (Fsp3) is 0.478. The van der Waals surface area contributed by atoms with Gasteiger partial charge in [-0.2, -0.15) is 0 Å². The number of hydrogen-bond donors (Lipinski definition) is 0. The van der Waals surface area contributed by atoms with Gasteiger partial charge in [0.1, 0.15) is 12.0 Å². The number of rotatable bonds is 9. The summed E-state index contributed by atoms with van der Waals surface area (Å²) in [7, 11) is 0. The number of hydrogen-bond acceptors (Lipinski definition) is 5. The molecule has 0 saturated carbocycles. The average Bonchev–Trinajstić information content (AvgIpc) is 3.32. The number of piperazine rings is 1. The second-order valence-electron chi connectivity index (χ2n) is 7.32. The number of carbonyl (C=O) groups excluding carboxylic acids is 2. The van der Waals surface area contributed by atoms with Crippen LogP contribution in [0.5, 0.6) is 5.75 Å². The summed E-state index contributed by atoms with van der Waals surface area (Å²) < 4.78 is 10.8. The van der Waals surface area contributed by atoms with E-state index < -0.39 is 0 Å². The molecule has 1 fully saturated rings. The summed E-state index contributed by atoms with van der Waals surface area (Å²) in [6.45, 7) is 8.55. The molecule has 0 atom stereocenters. The Morgan fingerprint density at radius 1 is 1.07 bits per heavy atom. The number of nitrogens with zero attached hydrogens (tertiary/aromatic N) is 3. The highest BCUT2D eigenvalue weighted by Crippen LogP contribution is 2.28. The fourth-order valence-corrected chi connectivity index (χ4v) is 3.73. The van der Waals surface area contributed by atoms with Crippen LogP contribution in [0.1, 0.15) is 37.0 Å². The maximum absolute atomic E-state index is 12.8.